The van der Waals surface area contributed by atoms with Crippen molar-refractivity contribution in [2.24, 2.45) is 10.8 Å². The van der Waals surface area contributed by atoms with Crippen LogP contribution < -0.4 is 14.2 Å². The second-order valence-corrected chi connectivity index (χ2v) is 20.8. The van der Waals surface area contributed by atoms with Crippen molar-refractivity contribution in [2.75, 3.05) is 14.2 Å². The van der Waals surface area contributed by atoms with E-state index in [-0.39, 0.29) is 27.3 Å². The van der Waals surface area contributed by atoms with E-state index in [9.17, 15) is 0 Å². The maximum absolute atomic E-state index is 7.88. The van der Waals surface area contributed by atoms with Crippen molar-refractivity contribution in [1.82, 2.24) is 0 Å². The van der Waals surface area contributed by atoms with Crippen molar-refractivity contribution in [1.29, 1.82) is 0 Å². The van der Waals surface area contributed by atoms with E-state index in [1.165, 1.54) is 69.2 Å². The lowest BCUT2D eigenvalue weighted by Gasteiger charge is -2.52. The molecule has 5 heteroatoms. The Labute approximate surface area is 351 Å². The van der Waals surface area contributed by atoms with Gasteiger partial charge in [0.05, 0.1) is 18.1 Å². The Morgan fingerprint density at radius 1 is 0.793 bits per heavy atom. The minimum atomic E-state index is -0.854. The van der Waals surface area contributed by atoms with Gasteiger partial charge in [-0.2, -0.15) is 0 Å². The number of thioether (sulfide) groups is 1. The number of hydrogen-bond acceptors (Lipinski definition) is 5. The van der Waals surface area contributed by atoms with E-state index in [0.29, 0.717) is 0 Å². The number of benzene rings is 4. The molecule has 0 N–H and O–H groups in total. The van der Waals surface area contributed by atoms with Crippen LogP contribution in [0.15, 0.2) is 95.4 Å². The summed E-state index contributed by atoms with van der Waals surface area (Å²) in [6.45, 7) is 14.6. The van der Waals surface area contributed by atoms with Crippen LogP contribution in [-0.2, 0) is 15.8 Å². The molecule has 2 aliphatic heterocycles. The third-order valence-corrected chi connectivity index (χ3v) is 15.2. The molecule has 4 aromatic carbocycles. The lowest BCUT2D eigenvalue weighted by Crippen LogP contribution is -2.44. The molecule has 9 rings (SSSR count). The molecule has 304 valence electrons. The van der Waals surface area contributed by atoms with Gasteiger partial charge in [-0.1, -0.05) is 133 Å². The van der Waals surface area contributed by atoms with Gasteiger partial charge >= 0.3 is 0 Å². The minimum Gasteiger partial charge on any atom is -0.497 e. The van der Waals surface area contributed by atoms with Gasteiger partial charge in [0.15, 0.2) is 10.5 Å². The summed E-state index contributed by atoms with van der Waals surface area (Å²) >= 11 is 1.96. The fraction of sp³-hybridized carbons (Fsp3) is 0.472. The topological polar surface area (TPSA) is 36.9 Å². The predicted molar refractivity (Wildman–Crippen MR) is 241 cm³/mol. The Morgan fingerprint density at radius 3 is 2.22 bits per heavy atom. The Morgan fingerprint density at radius 2 is 1.53 bits per heavy atom. The Balaban J connectivity index is 1.33. The molecule has 5 aliphatic rings. The molecule has 4 aromatic rings. The summed E-state index contributed by atoms with van der Waals surface area (Å²) in [5.41, 5.74) is 8.35. The molecule has 0 bridgehead atoms. The van der Waals surface area contributed by atoms with Crippen molar-refractivity contribution in [3.8, 4) is 28.4 Å². The SMILES string of the molecule is CCCCCC1(CCCC)Oc2cc3c4c(c5c(c3cc2S1)OC(C1=CCC(OC)C=C1)(c1ccc(OC)cc1)C=C5)C1(CC(C)(C)CC(C)(C)C1)c1ccccc1-4. The summed E-state index contributed by atoms with van der Waals surface area (Å²) in [5.74, 6) is 2.84. The van der Waals surface area contributed by atoms with Gasteiger partial charge in [0.1, 0.15) is 17.2 Å². The molecule has 1 saturated carbocycles. The lowest BCUT2D eigenvalue weighted by atomic mass is 9.52. The second kappa shape index (κ2) is 14.7. The maximum atomic E-state index is 7.88. The highest BCUT2D eigenvalue weighted by Crippen LogP contribution is 2.68. The summed E-state index contributed by atoms with van der Waals surface area (Å²) < 4.78 is 26.6. The van der Waals surface area contributed by atoms with Crippen LogP contribution >= 0.6 is 11.8 Å². The van der Waals surface area contributed by atoms with E-state index in [1.807, 2.05) is 11.8 Å². The van der Waals surface area contributed by atoms with Crippen LogP contribution in [0, 0.1) is 10.8 Å². The van der Waals surface area contributed by atoms with Gasteiger partial charge in [-0.25, -0.2) is 0 Å². The predicted octanol–water partition coefficient (Wildman–Crippen LogP) is 14.5. The van der Waals surface area contributed by atoms with Crippen molar-refractivity contribution in [2.45, 2.75) is 139 Å². The summed E-state index contributed by atoms with van der Waals surface area (Å²) in [4.78, 5) is 0.990. The van der Waals surface area contributed by atoms with Crippen molar-refractivity contribution < 1.29 is 18.9 Å². The van der Waals surface area contributed by atoms with Gasteiger partial charge in [-0.15, -0.1) is 0 Å². The first-order valence-corrected chi connectivity index (χ1v) is 22.8. The van der Waals surface area contributed by atoms with Gasteiger partial charge in [0.2, 0.25) is 0 Å². The zero-order valence-corrected chi connectivity index (χ0v) is 36.9. The normalized spacial score (nSPS) is 25.4. The highest BCUT2D eigenvalue weighted by Gasteiger charge is 2.56. The molecule has 1 spiro atoms. The third-order valence-electron chi connectivity index (χ3n) is 13.8. The number of hydrogen-bond donors (Lipinski definition) is 0. The molecule has 0 saturated heterocycles. The summed E-state index contributed by atoms with van der Waals surface area (Å²) in [7, 11) is 3.51. The number of ether oxygens (including phenoxy) is 4. The van der Waals surface area contributed by atoms with Crippen LogP contribution in [0.5, 0.6) is 17.2 Å². The summed E-state index contributed by atoms with van der Waals surface area (Å²) in [5, 5.41) is 2.41. The zero-order valence-electron chi connectivity index (χ0n) is 36.1. The quantitative estimate of drug-likeness (QED) is 0.141. The van der Waals surface area contributed by atoms with Crippen LogP contribution in [0.1, 0.15) is 134 Å². The second-order valence-electron chi connectivity index (χ2n) is 19.4. The smallest absolute Gasteiger partial charge is 0.177 e. The Hall–Kier alpha value is -3.93. The van der Waals surface area contributed by atoms with E-state index < -0.39 is 5.60 Å². The lowest BCUT2D eigenvalue weighted by molar-refractivity contribution is 0.0641. The van der Waals surface area contributed by atoms with E-state index in [1.54, 1.807) is 14.2 Å². The van der Waals surface area contributed by atoms with Gasteiger partial charge in [0, 0.05) is 29.0 Å². The molecule has 1 fully saturated rings. The van der Waals surface area contributed by atoms with E-state index in [2.05, 4.69) is 133 Å². The number of rotatable bonds is 11. The molecule has 4 nitrogen and oxygen atoms in total. The largest absolute Gasteiger partial charge is 0.497 e. The summed E-state index contributed by atoms with van der Waals surface area (Å²) in [6, 6.07) is 22.6. The Kier molecular flexibility index (Phi) is 9.99. The zero-order chi connectivity index (χ0) is 40.5. The molecule has 0 aromatic heterocycles. The molecular formula is C53H62O4S. The minimum absolute atomic E-state index is 0.0434. The van der Waals surface area contributed by atoms with Gasteiger partial charge in [0.25, 0.3) is 0 Å². The number of unbranched alkanes of at least 4 members (excludes halogenated alkanes) is 3. The van der Waals surface area contributed by atoms with E-state index in [0.717, 1.165) is 73.3 Å². The van der Waals surface area contributed by atoms with Crippen LogP contribution in [0.4, 0.5) is 0 Å². The molecule has 2 heterocycles. The highest BCUT2D eigenvalue weighted by molar-refractivity contribution is 8.00. The first kappa shape index (κ1) is 39.5. The fourth-order valence-electron chi connectivity index (χ4n) is 12.0. The molecular weight excluding hydrogens is 733 g/mol. The number of fused-ring (bicyclic) bond motifs is 11. The monoisotopic (exact) mass is 794 g/mol. The van der Waals surface area contributed by atoms with Gasteiger partial charge in [-0.05, 0) is 126 Å². The molecule has 0 amide bonds. The number of methoxy groups -OCH3 is 2. The van der Waals surface area contributed by atoms with E-state index >= 15 is 0 Å². The van der Waals surface area contributed by atoms with Gasteiger partial charge in [-0.3, -0.25) is 0 Å². The third kappa shape index (κ3) is 6.45. The molecule has 3 aliphatic carbocycles. The standard InChI is InChI=1S/C53H62O4S/c1-9-11-15-28-52(27-12-10-2)56-44-30-41-42(31-45(44)58-52)48-40(47-46(41)39-16-13-14-17-43(39)51(47)33-49(3,4)32-50(5,6)34-51)26-29-53(57-48,35-18-22-37(54-7)23-19-35)36-20-24-38(55-8)25-21-36/h13-14,16-24,26,29-31,38H,9-12,15,25,27-28,32-34H2,1-8H3. The average Bonchev–Trinajstić information content (AvgIpc) is 3.70. The van der Waals surface area contributed by atoms with Crippen LogP contribution in [0.2, 0.25) is 0 Å². The Bertz CT molecular complexity index is 2310. The average molecular weight is 795 g/mol. The highest BCUT2D eigenvalue weighted by atomic mass is 32.2. The van der Waals surface area contributed by atoms with Crippen LogP contribution in [0.25, 0.3) is 28.0 Å². The van der Waals surface area contributed by atoms with Gasteiger partial charge < -0.3 is 18.9 Å². The fourth-order valence-corrected chi connectivity index (χ4v) is 13.4. The molecule has 0 radical (unpaired) electrons. The molecule has 3 unspecified atom stereocenters. The van der Waals surface area contributed by atoms with Crippen molar-refractivity contribution in [3.05, 3.63) is 113 Å². The first-order chi connectivity index (χ1) is 27.9. The van der Waals surface area contributed by atoms with Crippen LogP contribution in [-0.4, -0.2) is 25.3 Å². The molecule has 58 heavy (non-hydrogen) atoms. The van der Waals surface area contributed by atoms with E-state index in [4.69, 9.17) is 18.9 Å². The van der Waals surface area contributed by atoms with Crippen molar-refractivity contribution in [3.63, 3.8) is 0 Å². The molecule has 3 atom stereocenters. The van der Waals surface area contributed by atoms with Crippen LogP contribution in [0.3, 0.4) is 0 Å². The summed E-state index contributed by atoms with van der Waals surface area (Å²) in [6.07, 6.45) is 23.7. The van der Waals surface area contributed by atoms with Crippen molar-refractivity contribution >= 4 is 28.6 Å². The maximum Gasteiger partial charge on any atom is 0.177 e. The first-order valence-electron chi connectivity index (χ1n) is 22.0.